The minimum absolute atomic E-state index is 0.167. The Morgan fingerprint density at radius 3 is 2.56 bits per heavy atom. The Hall–Kier alpha value is -3.82. The van der Waals surface area contributed by atoms with Gasteiger partial charge in [0, 0.05) is 39.2 Å². The number of amides is 1. The summed E-state index contributed by atoms with van der Waals surface area (Å²) in [7, 11) is 2.08. The number of imidazole rings is 1. The first-order chi connectivity index (χ1) is 16.5. The fraction of sp³-hybridized carbons (Fsp3) is 0.417. The van der Waals surface area contributed by atoms with E-state index in [1.807, 2.05) is 36.9 Å². The number of hydrogen-bond donors (Lipinski definition) is 0. The van der Waals surface area contributed by atoms with Gasteiger partial charge in [-0.3, -0.25) is 4.79 Å². The van der Waals surface area contributed by atoms with Crippen molar-refractivity contribution >= 4 is 22.8 Å². The Morgan fingerprint density at radius 1 is 1.00 bits per heavy atom. The summed E-state index contributed by atoms with van der Waals surface area (Å²) in [5.74, 6) is 5.22. The van der Waals surface area contributed by atoms with Gasteiger partial charge in [-0.2, -0.15) is 4.68 Å². The first-order valence-corrected chi connectivity index (χ1v) is 11.7. The Kier molecular flexibility index (Phi) is 4.82. The van der Waals surface area contributed by atoms with Crippen molar-refractivity contribution in [2.45, 2.75) is 39.2 Å². The number of aryl methyl sites for hydroxylation is 3. The van der Waals surface area contributed by atoms with E-state index in [4.69, 9.17) is 4.98 Å². The maximum Gasteiger partial charge on any atom is 0.223 e. The van der Waals surface area contributed by atoms with Gasteiger partial charge < -0.3 is 14.4 Å². The SMILES string of the molecule is Cc1nc(N2CC(c3nc4ccccc4n3C)C2)cc(-n2nc(C)nc2CN2CCCC2=O)n1. The van der Waals surface area contributed by atoms with Gasteiger partial charge in [0.2, 0.25) is 5.91 Å². The number of rotatable bonds is 5. The van der Waals surface area contributed by atoms with Crippen LogP contribution in [0.5, 0.6) is 0 Å². The molecule has 2 aliphatic heterocycles. The average Bonchev–Trinajstić information content (AvgIpc) is 3.45. The normalized spacial score (nSPS) is 16.6. The molecule has 2 fully saturated rings. The second-order valence-corrected chi connectivity index (χ2v) is 9.16. The molecule has 1 amide bonds. The van der Waals surface area contributed by atoms with Crippen LogP contribution in [0.1, 0.15) is 42.1 Å². The number of carbonyl (C=O) groups excluding carboxylic acids is 1. The zero-order chi connectivity index (χ0) is 23.4. The van der Waals surface area contributed by atoms with Crippen LogP contribution in [-0.4, -0.2) is 64.7 Å². The van der Waals surface area contributed by atoms with Gasteiger partial charge in [0.1, 0.15) is 23.3 Å². The second kappa shape index (κ2) is 7.89. The van der Waals surface area contributed by atoms with Crippen LogP contribution in [0.2, 0.25) is 0 Å². The Bertz CT molecular complexity index is 1400. The first-order valence-electron chi connectivity index (χ1n) is 11.7. The molecule has 0 radical (unpaired) electrons. The second-order valence-electron chi connectivity index (χ2n) is 9.16. The summed E-state index contributed by atoms with van der Waals surface area (Å²) in [5, 5.41) is 4.58. The highest BCUT2D eigenvalue weighted by Crippen LogP contribution is 2.32. The fourth-order valence-corrected chi connectivity index (χ4v) is 4.95. The molecule has 34 heavy (non-hydrogen) atoms. The number of nitrogens with zero attached hydrogens (tertiary/aromatic N) is 9. The summed E-state index contributed by atoms with van der Waals surface area (Å²) < 4.78 is 3.94. The highest BCUT2D eigenvalue weighted by atomic mass is 16.2. The summed E-state index contributed by atoms with van der Waals surface area (Å²) in [6, 6.07) is 10.2. The van der Waals surface area contributed by atoms with Crippen LogP contribution in [0, 0.1) is 13.8 Å². The van der Waals surface area contributed by atoms with Crippen LogP contribution in [-0.2, 0) is 18.4 Å². The van der Waals surface area contributed by atoms with Gasteiger partial charge in [-0.15, -0.1) is 5.10 Å². The Morgan fingerprint density at radius 2 is 1.79 bits per heavy atom. The summed E-state index contributed by atoms with van der Waals surface area (Å²) in [5.41, 5.74) is 2.19. The minimum atomic E-state index is 0.167. The fourth-order valence-electron chi connectivity index (χ4n) is 4.95. The number of fused-ring (bicyclic) bond motifs is 1. The van der Waals surface area contributed by atoms with E-state index < -0.39 is 0 Å². The zero-order valence-corrected chi connectivity index (χ0v) is 19.6. The van der Waals surface area contributed by atoms with Crippen molar-refractivity contribution in [1.82, 2.24) is 39.2 Å². The quantitative estimate of drug-likeness (QED) is 0.453. The van der Waals surface area contributed by atoms with Crippen molar-refractivity contribution in [3.8, 4) is 5.82 Å². The molecule has 0 spiro atoms. The lowest BCUT2D eigenvalue weighted by atomic mass is 9.99. The van der Waals surface area contributed by atoms with Crippen molar-refractivity contribution < 1.29 is 4.79 Å². The van der Waals surface area contributed by atoms with Crippen LogP contribution < -0.4 is 4.90 Å². The number of para-hydroxylation sites is 2. The number of benzene rings is 1. The van der Waals surface area contributed by atoms with E-state index in [-0.39, 0.29) is 5.91 Å². The molecule has 0 N–H and O–H groups in total. The molecule has 6 rings (SSSR count). The first kappa shape index (κ1) is 20.8. The molecule has 2 saturated heterocycles. The minimum Gasteiger partial charge on any atom is -0.355 e. The predicted molar refractivity (Wildman–Crippen MR) is 127 cm³/mol. The molecule has 5 heterocycles. The molecule has 2 aliphatic rings. The predicted octanol–water partition coefficient (Wildman–Crippen LogP) is 2.29. The van der Waals surface area contributed by atoms with E-state index in [2.05, 4.69) is 48.7 Å². The molecule has 174 valence electrons. The van der Waals surface area contributed by atoms with Crippen LogP contribution in [0.3, 0.4) is 0 Å². The number of anilines is 1. The number of aromatic nitrogens is 7. The molecule has 10 heteroatoms. The molecule has 3 aromatic heterocycles. The lowest BCUT2D eigenvalue weighted by Gasteiger charge is -2.39. The zero-order valence-electron chi connectivity index (χ0n) is 19.6. The van der Waals surface area contributed by atoms with Crippen LogP contribution in [0.15, 0.2) is 30.3 Å². The molecule has 0 saturated carbocycles. The molecular formula is C24H27N9O. The third-order valence-corrected chi connectivity index (χ3v) is 6.70. The third-order valence-electron chi connectivity index (χ3n) is 6.70. The summed E-state index contributed by atoms with van der Waals surface area (Å²) in [6.45, 7) is 6.64. The van der Waals surface area contributed by atoms with Gasteiger partial charge in [0.05, 0.1) is 23.5 Å². The van der Waals surface area contributed by atoms with E-state index >= 15 is 0 Å². The van der Waals surface area contributed by atoms with E-state index in [9.17, 15) is 4.79 Å². The van der Waals surface area contributed by atoms with Gasteiger partial charge in [0.25, 0.3) is 0 Å². The summed E-state index contributed by atoms with van der Waals surface area (Å²) >= 11 is 0. The highest BCUT2D eigenvalue weighted by Gasteiger charge is 2.33. The average molecular weight is 458 g/mol. The summed E-state index contributed by atoms with van der Waals surface area (Å²) in [4.78, 5) is 35.0. The topological polar surface area (TPSA) is 97.9 Å². The molecular weight excluding hydrogens is 430 g/mol. The molecule has 4 aromatic rings. The van der Waals surface area contributed by atoms with Crippen LogP contribution >= 0.6 is 0 Å². The van der Waals surface area contributed by atoms with Crippen LogP contribution in [0.25, 0.3) is 16.9 Å². The summed E-state index contributed by atoms with van der Waals surface area (Å²) in [6.07, 6.45) is 1.50. The maximum absolute atomic E-state index is 12.1. The molecule has 0 aliphatic carbocycles. The van der Waals surface area contributed by atoms with E-state index in [0.29, 0.717) is 36.4 Å². The molecule has 10 nitrogen and oxygen atoms in total. The maximum atomic E-state index is 12.1. The monoisotopic (exact) mass is 457 g/mol. The number of hydrogen-bond acceptors (Lipinski definition) is 7. The van der Waals surface area contributed by atoms with Crippen molar-refractivity contribution in [2.75, 3.05) is 24.5 Å². The van der Waals surface area contributed by atoms with E-state index in [0.717, 1.165) is 54.6 Å². The number of likely N-dealkylation sites (tertiary alicyclic amines) is 1. The molecule has 1 aromatic carbocycles. The smallest absolute Gasteiger partial charge is 0.223 e. The Labute approximate surface area is 197 Å². The van der Waals surface area contributed by atoms with Gasteiger partial charge in [0.15, 0.2) is 11.6 Å². The molecule has 0 unspecified atom stereocenters. The standard InChI is InChI=1S/C24H27N9O/c1-15-25-20(32-12-17(13-32)24-28-18-7-4-5-8-19(18)30(24)3)11-21(26-15)33-22(27-16(2)29-33)14-31-10-6-9-23(31)34/h4-5,7-8,11,17H,6,9-10,12-14H2,1-3H3. The Balaban J connectivity index is 1.25. The highest BCUT2D eigenvalue weighted by molar-refractivity contribution is 5.78. The lowest BCUT2D eigenvalue weighted by Crippen LogP contribution is -2.46. The van der Waals surface area contributed by atoms with Gasteiger partial charge in [-0.25, -0.2) is 19.9 Å². The van der Waals surface area contributed by atoms with Crippen molar-refractivity contribution in [1.29, 1.82) is 0 Å². The third kappa shape index (κ3) is 3.49. The van der Waals surface area contributed by atoms with Gasteiger partial charge in [-0.05, 0) is 32.4 Å². The van der Waals surface area contributed by atoms with Crippen molar-refractivity contribution in [3.05, 3.63) is 53.6 Å². The molecule has 0 bridgehead atoms. The largest absolute Gasteiger partial charge is 0.355 e. The van der Waals surface area contributed by atoms with Crippen molar-refractivity contribution in [3.63, 3.8) is 0 Å². The van der Waals surface area contributed by atoms with E-state index in [1.54, 1.807) is 4.68 Å². The van der Waals surface area contributed by atoms with Crippen LogP contribution in [0.4, 0.5) is 5.82 Å². The molecule has 0 atom stereocenters. The lowest BCUT2D eigenvalue weighted by molar-refractivity contribution is -0.128. The van der Waals surface area contributed by atoms with Gasteiger partial charge in [-0.1, -0.05) is 12.1 Å². The van der Waals surface area contributed by atoms with E-state index in [1.165, 1.54) is 0 Å². The van der Waals surface area contributed by atoms with Crippen molar-refractivity contribution in [2.24, 2.45) is 7.05 Å². The van der Waals surface area contributed by atoms with Gasteiger partial charge >= 0.3 is 0 Å². The number of carbonyl (C=O) groups is 1.